The molecule has 2 N–H and O–H groups in total. The normalized spacial score (nSPS) is 13.0. The number of carboxylic acid groups (broad SMARTS) is 1. The van der Waals surface area contributed by atoms with Crippen molar-refractivity contribution in [3.05, 3.63) is 23.6 Å². The van der Waals surface area contributed by atoms with Crippen molar-refractivity contribution < 1.29 is 28.5 Å². The van der Waals surface area contributed by atoms with Gasteiger partial charge in [-0.25, -0.2) is 9.18 Å². The molecule has 110 valence electrons. The molecule has 0 unspecified atom stereocenters. The molecule has 1 aliphatic rings. The summed E-state index contributed by atoms with van der Waals surface area (Å²) in [6.07, 6.45) is 0. The molecule has 0 atom stereocenters. The zero-order valence-corrected chi connectivity index (χ0v) is 11.0. The van der Waals surface area contributed by atoms with Crippen LogP contribution in [0.25, 0.3) is 11.3 Å². The second-order valence-corrected chi connectivity index (χ2v) is 4.26. The van der Waals surface area contributed by atoms with Gasteiger partial charge in [-0.1, -0.05) is 0 Å². The first-order chi connectivity index (χ1) is 10.1. The van der Waals surface area contributed by atoms with Crippen LogP contribution in [0.3, 0.4) is 0 Å². The van der Waals surface area contributed by atoms with E-state index in [-0.39, 0.29) is 35.1 Å². The summed E-state index contributed by atoms with van der Waals surface area (Å²) in [5, 5.41) is 15.0. The first-order valence-corrected chi connectivity index (χ1v) is 6.07. The fraction of sp³-hybridized carbons (Fsp3) is 0.231. The lowest BCUT2D eigenvalue weighted by Crippen LogP contribution is -2.16. The van der Waals surface area contributed by atoms with E-state index in [4.69, 9.17) is 19.3 Å². The van der Waals surface area contributed by atoms with E-state index in [1.165, 1.54) is 19.2 Å². The number of hydrogen-bond acceptors (Lipinski definition) is 5. The van der Waals surface area contributed by atoms with Crippen LogP contribution in [0.1, 0.15) is 10.5 Å². The molecule has 1 aromatic heterocycles. The molecule has 2 aromatic rings. The van der Waals surface area contributed by atoms with Gasteiger partial charge in [0, 0.05) is 6.07 Å². The molecule has 0 aliphatic carbocycles. The standard InChI is InChI=1S/C13H11FN2O5/c1-19-8-5-9-12(21-3-2-20-9)10(11(8)14)6-4-7(13(17)18)16-15-6/h4-5H,2-3H2,1H3,(H,15,16)(H,17,18). The summed E-state index contributed by atoms with van der Waals surface area (Å²) in [5.41, 5.74) is -0.0453. The Morgan fingerprint density at radius 1 is 1.43 bits per heavy atom. The quantitative estimate of drug-likeness (QED) is 0.894. The largest absolute Gasteiger partial charge is 0.494 e. The lowest BCUT2D eigenvalue weighted by atomic mass is 10.1. The second kappa shape index (κ2) is 4.97. The molecule has 0 radical (unpaired) electrons. The third kappa shape index (κ3) is 2.14. The van der Waals surface area contributed by atoms with Crippen molar-refractivity contribution in [3.63, 3.8) is 0 Å². The van der Waals surface area contributed by atoms with Crippen molar-refractivity contribution in [2.75, 3.05) is 20.3 Å². The van der Waals surface area contributed by atoms with Gasteiger partial charge in [0.05, 0.1) is 18.4 Å². The number of aromatic carboxylic acids is 1. The molecular formula is C13H11FN2O5. The summed E-state index contributed by atoms with van der Waals surface area (Å²) in [6, 6.07) is 2.61. The number of carboxylic acids is 1. The summed E-state index contributed by atoms with van der Waals surface area (Å²) < 4.78 is 30.3. The van der Waals surface area contributed by atoms with Gasteiger partial charge in [-0.15, -0.1) is 0 Å². The average molecular weight is 294 g/mol. The fourth-order valence-corrected chi connectivity index (χ4v) is 2.08. The number of halogens is 1. The number of carbonyl (C=O) groups is 1. The smallest absolute Gasteiger partial charge is 0.353 e. The van der Waals surface area contributed by atoms with Crippen LogP contribution in [0.5, 0.6) is 17.2 Å². The molecule has 21 heavy (non-hydrogen) atoms. The average Bonchev–Trinajstić information content (AvgIpc) is 2.96. The molecule has 1 aromatic carbocycles. The molecule has 7 nitrogen and oxygen atoms in total. The molecule has 0 saturated carbocycles. The van der Waals surface area contributed by atoms with Crippen LogP contribution in [-0.4, -0.2) is 41.6 Å². The van der Waals surface area contributed by atoms with E-state index in [2.05, 4.69) is 10.2 Å². The van der Waals surface area contributed by atoms with Crippen molar-refractivity contribution in [3.8, 4) is 28.5 Å². The number of methoxy groups -OCH3 is 1. The number of fused-ring (bicyclic) bond motifs is 1. The van der Waals surface area contributed by atoms with Gasteiger partial charge < -0.3 is 19.3 Å². The minimum Gasteiger partial charge on any atom is -0.494 e. The number of benzene rings is 1. The fourth-order valence-electron chi connectivity index (χ4n) is 2.08. The molecule has 0 amide bonds. The lowest BCUT2D eigenvalue weighted by Gasteiger charge is -2.22. The molecule has 0 spiro atoms. The Kier molecular flexibility index (Phi) is 3.13. The minimum absolute atomic E-state index is 0.00722. The first kappa shape index (κ1) is 13.2. The zero-order chi connectivity index (χ0) is 15.0. The number of hydrogen-bond donors (Lipinski definition) is 2. The second-order valence-electron chi connectivity index (χ2n) is 4.26. The summed E-state index contributed by atoms with van der Waals surface area (Å²) in [6.45, 7) is 0.601. The van der Waals surface area contributed by atoms with Gasteiger partial charge in [-0.3, -0.25) is 5.10 Å². The van der Waals surface area contributed by atoms with E-state index < -0.39 is 11.8 Å². The Balaban J connectivity index is 2.21. The highest BCUT2D eigenvalue weighted by Crippen LogP contribution is 2.45. The van der Waals surface area contributed by atoms with Crippen molar-refractivity contribution in [1.29, 1.82) is 0 Å². The molecule has 2 heterocycles. The van der Waals surface area contributed by atoms with Gasteiger partial charge in [0.2, 0.25) is 0 Å². The van der Waals surface area contributed by atoms with E-state index in [1.807, 2.05) is 0 Å². The Morgan fingerprint density at radius 2 is 2.19 bits per heavy atom. The van der Waals surface area contributed by atoms with Crippen LogP contribution in [0, 0.1) is 5.82 Å². The maximum atomic E-state index is 14.5. The SMILES string of the molecule is COc1cc2c(c(-c3cc(C(=O)O)[nH]n3)c1F)OCCO2. The van der Waals surface area contributed by atoms with E-state index in [0.717, 1.165) is 0 Å². The number of ether oxygens (including phenoxy) is 3. The van der Waals surface area contributed by atoms with Gasteiger partial charge in [0.15, 0.2) is 23.1 Å². The Morgan fingerprint density at radius 3 is 2.86 bits per heavy atom. The maximum Gasteiger partial charge on any atom is 0.353 e. The topological polar surface area (TPSA) is 93.7 Å². The van der Waals surface area contributed by atoms with Crippen LogP contribution in [0.15, 0.2) is 12.1 Å². The summed E-state index contributed by atoms with van der Waals surface area (Å²) in [4.78, 5) is 10.9. The number of aromatic nitrogens is 2. The number of aromatic amines is 1. The van der Waals surface area contributed by atoms with Crippen LogP contribution < -0.4 is 14.2 Å². The summed E-state index contributed by atoms with van der Waals surface area (Å²) in [7, 11) is 1.32. The van der Waals surface area contributed by atoms with Crippen LogP contribution in [-0.2, 0) is 0 Å². The monoisotopic (exact) mass is 294 g/mol. The maximum absolute atomic E-state index is 14.5. The zero-order valence-electron chi connectivity index (χ0n) is 11.0. The predicted molar refractivity (Wildman–Crippen MR) is 68.5 cm³/mol. The third-order valence-electron chi connectivity index (χ3n) is 3.02. The third-order valence-corrected chi connectivity index (χ3v) is 3.02. The highest BCUT2D eigenvalue weighted by Gasteiger charge is 2.27. The van der Waals surface area contributed by atoms with E-state index >= 15 is 0 Å². The van der Waals surface area contributed by atoms with Crippen molar-refractivity contribution in [1.82, 2.24) is 10.2 Å². The van der Waals surface area contributed by atoms with Crippen LogP contribution in [0.4, 0.5) is 4.39 Å². The van der Waals surface area contributed by atoms with Crippen LogP contribution in [0.2, 0.25) is 0 Å². The van der Waals surface area contributed by atoms with Gasteiger partial charge in [-0.05, 0) is 6.07 Å². The van der Waals surface area contributed by atoms with Gasteiger partial charge in [-0.2, -0.15) is 5.10 Å². The molecule has 1 aliphatic heterocycles. The number of H-pyrrole nitrogens is 1. The number of nitrogens with zero attached hydrogens (tertiary/aromatic N) is 1. The van der Waals surface area contributed by atoms with E-state index in [1.54, 1.807) is 0 Å². The van der Waals surface area contributed by atoms with Gasteiger partial charge in [0.1, 0.15) is 18.9 Å². The highest BCUT2D eigenvalue weighted by atomic mass is 19.1. The molecule has 3 rings (SSSR count). The Hall–Kier alpha value is -2.77. The molecule has 0 fully saturated rings. The van der Waals surface area contributed by atoms with E-state index in [9.17, 15) is 9.18 Å². The highest BCUT2D eigenvalue weighted by molar-refractivity contribution is 5.87. The first-order valence-electron chi connectivity index (χ1n) is 6.07. The molecule has 0 saturated heterocycles. The predicted octanol–water partition coefficient (Wildman–Crippen LogP) is 1.69. The van der Waals surface area contributed by atoms with Gasteiger partial charge in [0.25, 0.3) is 0 Å². The Bertz CT molecular complexity index is 713. The number of nitrogens with one attached hydrogen (secondary N) is 1. The molecule has 0 bridgehead atoms. The van der Waals surface area contributed by atoms with Crippen LogP contribution >= 0.6 is 0 Å². The van der Waals surface area contributed by atoms with Crippen molar-refractivity contribution in [2.45, 2.75) is 0 Å². The van der Waals surface area contributed by atoms with E-state index in [0.29, 0.717) is 12.4 Å². The van der Waals surface area contributed by atoms with Crippen molar-refractivity contribution in [2.24, 2.45) is 0 Å². The molecule has 8 heteroatoms. The number of rotatable bonds is 3. The minimum atomic E-state index is -1.19. The lowest BCUT2D eigenvalue weighted by molar-refractivity contribution is 0.0690. The molecular weight excluding hydrogens is 283 g/mol. The van der Waals surface area contributed by atoms with Gasteiger partial charge >= 0.3 is 5.97 Å². The van der Waals surface area contributed by atoms with Crippen molar-refractivity contribution >= 4 is 5.97 Å². The summed E-state index contributed by atoms with van der Waals surface area (Å²) >= 11 is 0. The Labute approximate surface area is 118 Å². The summed E-state index contributed by atoms with van der Waals surface area (Å²) in [5.74, 6) is -1.40.